The fourth-order valence-electron chi connectivity index (χ4n) is 5.83. The number of hydrogen-bond acceptors (Lipinski definition) is 4. The molecular formula is C36H47N3O4S. The normalized spacial score (nSPS) is 14.7. The van der Waals surface area contributed by atoms with E-state index in [1.165, 1.54) is 10.7 Å². The Hall–Kier alpha value is -3.65. The molecule has 1 N–H and O–H groups in total. The van der Waals surface area contributed by atoms with Crippen LogP contribution >= 0.6 is 0 Å². The maximum atomic E-state index is 14.3. The standard InChI is InChI=1S/C36H47N3O4S/c1-5-34(36(41)37-31-14-10-7-11-15-31)38(25-24-29-12-8-6-9-13-29)35(40)26-39(32-20-18-30(19-21-32)27(2)3)44(42,43)33-22-16-28(4)17-23-33/h6,8-9,12-13,16-23,27,31,34H,5,7,10-11,14-15,24-26H2,1-4H3,(H,37,41). The first-order valence-electron chi connectivity index (χ1n) is 15.9. The Morgan fingerprint density at radius 2 is 1.52 bits per heavy atom. The number of nitrogens with one attached hydrogen (secondary N) is 1. The molecule has 0 radical (unpaired) electrons. The summed E-state index contributed by atoms with van der Waals surface area (Å²) in [6.07, 6.45) is 6.19. The Labute approximate surface area is 263 Å². The summed E-state index contributed by atoms with van der Waals surface area (Å²) in [5.74, 6) is -0.306. The van der Waals surface area contributed by atoms with Crippen LogP contribution in [0.2, 0.25) is 0 Å². The van der Waals surface area contributed by atoms with Crippen molar-refractivity contribution in [2.24, 2.45) is 0 Å². The van der Waals surface area contributed by atoms with E-state index in [2.05, 4.69) is 19.2 Å². The molecule has 0 saturated heterocycles. The second-order valence-corrected chi connectivity index (χ2v) is 14.0. The molecule has 1 aliphatic rings. The van der Waals surface area contributed by atoms with Gasteiger partial charge in [-0.1, -0.05) is 100 Å². The van der Waals surface area contributed by atoms with Crippen molar-refractivity contribution in [3.05, 3.63) is 95.6 Å². The van der Waals surface area contributed by atoms with E-state index in [-0.39, 0.29) is 22.8 Å². The molecule has 236 valence electrons. The summed E-state index contributed by atoms with van der Waals surface area (Å²) in [7, 11) is -4.09. The van der Waals surface area contributed by atoms with Crippen LogP contribution < -0.4 is 9.62 Å². The molecule has 1 saturated carbocycles. The van der Waals surface area contributed by atoms with Crippen molar-refractivity contribution < 1.29 is 18.0 Å². The number of amides is 2. The third-order valence-corrected chi connectivity index (χ3v) is 10.3. The summed E-state index contributed by atoms with van der Waals surface area (Å²) >= 11 is 0. The van der Waals surface area contributed by atoms with Gasteiger partial charge in [-0.15, -0.1) is 0 Å². The van der Waals surface area contributed by atoms with Crippen LogP contribution in [0.1, 0.15) is 81.9 Å². The van der Waals surface area contributed by atoms with E-state index < -0.39 is 28.5 Å². The topological polar surface area (TPSA) is 86.8 Å². The van der Waals surface area contributed by atoms with Crippen molar-refractivity contribution in [3.63, 3.8) is 0 Å². The third-order valence-electron chi connectivity index (χ3n) is 8.56. The molecule has 0 aromatic heterocycles. The largest absolute Gasteiger partial charge is 0.352 e. The number of nitrogens with zero attached hydrogens (tertiary/aromatic N) is 2. The van der Waals surface area contributed by atoms with Crippen LogP contribution in [0.5, 0.6) is 0 Å². The summed E-state index contributed by atoms with van der Waals surface area (Å²) in [5.41, 5.74) is 3.46. The van der Waals surface area contributed by atoms with Crippen molar-refractivity contribution in [1.82, 2.24) is 10.2 Å². The molecule has 1 unspecified atom stereocenters. The van der Waals surface area contributed by atoms with Gasteiger partial charge in [0.2, 0.25) is 11.8 Å². The van der Waals surface area contributed by atoms with Crippen LogP contribution in [-0.4, -0.2) is 50.3 Å². The molecule has 1 fully saturated rings. The summed E-state index contributed by atoms with van der Waals surface area (Å²) in [5, 5.41) is 3.20. The molecule has 0 spiro atoms. The van der Waals surface area contributed by atoms with Crippen LogP contribution in [-0.2, 0) is 26.0 Å². The van der Waals surface area contributed by atoms with Crippen molar-refractivity contribution in [3.8, 4) is 0 Å². The Bertz CT molecular complexity index is 1470. The number of sulfonamides is 1. The Morgan fingerprint density at radius 1 is 0.886 bits per heavy atom. The zero-order valence-corrected chi connectivity index (χ0v) is 27.4. The van der Waals surface area contributed by atoms with Gasteiger partial charge in [0.1, 0.15) is 12.6 Å². The predicted molar refractivity (Wildman–Crippen MR) is 177 cm³/mol. The SMILES string of the molecule is CCC(C(=O)NC1CCCCC1)N(CCc1ccccc1)C(=O)CN(c1ccc(C(C)C)cc1)S(=O)(=O)c1ccc(C)cc1. The second-order valence-electron chi connectivity index (χ2n) is 12.2. The van der Waals surface area contributed by atoms with Gasteiger partial charge in [-0.25, -0.2) is 8.42 Å². The lowest BCUT2D eigenvalue weighted by Crippen LogP contribution is -2.54. The molecule has 0 heterocycles. The number of rotatable bonds is 13. The van der Waals surface area contributed by atoms with Gasteiger partial charge in [0.15, 0.2) is 0 Å². The fourth-order valence-corrected chi connectivity index (χ4v) is 7.25. The lowest BCUT2D eigenvalue weighted by atomic mass is 9.95. The average Bonchev–Trinajstić information content (AvgIpc) is 3.03. The van der Waals surface area contributed by atoms with Crippen LogP contribution in [0, 0.1) is 6.92 Å². The number of carbonyl (C=O) groups excluding carboxylic acids is 2. The number of benzene rings is 3. The summed E-state index contributed by atoms with van der Waals surface area (Å²) in [4.78, 5) is 29.7. The monoisotopic (exact) mass is 617 g/mol. The van der Waals surface area contributed by atoms with Gasteiger partial charge in [0.05, 0.1) is 10.6 Å². The highest BCUT2D eigenvalue weighted by molar-refractivity contribution is 7.92. The zero-order chi connectivity index (χ0) is 31.7. The Balaban J connectivity index is 1.68. The summed E-state index contributed by atoms with van der Waals surface area (Å²) < 4.78 is 29.4. The number of aryl methyl sites for hydroxylation is 1. The minimum absolute atomic E-state index is 0.106. The second kappa shape index (κ2) is 15.4. The lowest BCUT2D eigenvalue weighted by Gasteiger charge is -2.34. The molecule has 0 aliphatic heterocycles. The molecule has 7 nitrogen and oxygen atoms in total. The highest BCUT2D eigenvalue weighted by Gasteiger charge is 2.34. The van der Waals surface area contributed by atoms with Gasteiger partial charge in [-0.3, -0.25) is 13.9 Å². The first-order chi connectivity index (χ1) is 21.1. The molecule has 8 heteroatoms. The Morgan fingerprint density at radius 3 is 2.11 bits per heavy atom. The molecular weight excluding hydrogens is 570 g/mol. The fraction of sp³-hybridized carbons (Fsp3) is 0.444. The van der Waals surface area contributed by atoms with Gasteiger partial charge in [0.25, 0.3) is 10.0 Å². The molecule has 44 heavy (non-hydrogen) atoms. The molecule has 3 aromatic carbocycles. The Kier molecular flexibility index (Phi) is 11.6. The maximum absolute atomic E-state index is 14.3. The maximum Gasteiger partial charge on any atom is 0.264 e. The molecule has 3 aromatic rings. The van der Waals surface area contributed by atoms with Crippen molar-refractivity contribution >= 4 is 27.5 Å². The van der Waals surface area contributed by atoms with Crippen molar-refractivity contribution in [2.45, 2.75) is 95.5 Å². The van der Waals surface area contributed by atoms with E-state index in [1.54, 1.807) is 41.3 Å². The summed E-state index contributed by atoms with van der Waals surface area (Å²) in [6.45, 7) is 7.83. The van der Waals surface area contributed by atoms with Crippen LogP contribution in [0.25, 0.3) is 0 Å². The third kappa shape index (κ3) is 8.50. The number of hydrogen-bond donors (Lipinski definition) is 1. The predicted octanol–water partition coefficient (Wildman–Crippen LogP) is 6.61. The number of carbonyl (C=O) groups is 2. The van der Waals surface area contributed by atoms with Crippen molar-refractivity contribution in [2.75, 3.05) is 17.4 Å². The molecule has 1 aliphatic carbocycles. The lowest BCUT2D eigenvalue weighted by molar-refractivity contribution is -0.140. The van der Waals surface area contributed by atoms with E-state index in [1.807, 2.05) is 56.3 Å². The smallest absolute Gasteiger partial charge is 0.264 e. The van der Waals surface area contributed by atoms with E-state index >= 15 is 0 Å². The average molecular weight is 618 g/mol. The van der Waals surface area contributed by atoms with Crippen LogP contribution in [0.4, 0.5) is 5.69 Å². The quantitative estimate of drug-likeness (QED) is 0.234. The van der Waals surface area contributed by atoms with Gasteiger partial charge < -0.3 is 10.2 Å². The van der Waals surface area contributed by atoms with Crippen LogP contribution in [0.3, 0.4) is 0 Å². The molecule has 0 bridgehead atoms. The zero-order valence-electron chi connectivity index (χ0n) is 26.5. The first-order valence-corrected chi connectivity index (χ1v) is 17.4. The van der Waals surface area contributed by atoms with Gasteiger partial charge in [-0.05, 0) is 73.9 Å². The molecule has 1 atom stereocenters. The van der Waals surface area contributed by atoms with Gasteiger partial charge in [-0.2, -0.15) is 0 Å². The highest BCUT2D eigenvalue weighted by atomic mass is 32.2. The van der Waals surface area contributed by atoms with E-state index in [0.717, 1.165) is 42.4 Å². The molecule has 2 amide bonds. The van der Waals surface area contributed by atoms with Gasteiger partial charge in [0, 0.05) is 12.6 Å². The van der Waals surface area contributed by atoms with E-state index in [0.29, 0.717) is 25.1 Å². The van der Waals surface area contributed by atoms with Crippen LogP contribution in [0.15, 0.2) is 83.8 Å². The van der Waals surface area contributed by atoms with E-state index in [4.69, 9.17) is 0 Å². The highest BCUT2D eigenvalue weighted by Crippen LogP contribution is 2.27. The summed E-state index contributed by atoms with van der Waals surface area (Å²) in [6, 6.07) is 23.2. The number of anilines is 1. The minimum atomic E-state index is -4.09. The first kappa shape index (κ1) is 33.2. The van der Waals surface area contributed by atoms with E-state index in [9.17, 15) is 18.0 Å². The van der Waals surface area contributed by atoms with Gasteiger partial charge >= 0.3 is 0 Å². The minimum Gasteiger partial charge on any atom is -0.352 e. The molecule has 4 rings (SSSR count). The van der Waals surface area contributed by atoms with Crippen molar-refractivity contribution in [1.29, 1.82) is 0 Å².